The van der Waals surface area contributed by atoms with Crippen LogP contribution in [0.1, 0.15) is 47.2 Å². The molecule has 0 aromatic heterocycles. The molecule has 0 radical (unpaired) electrons. The van der Waals surface area contributed by atoms with Gasteiger partial charge in [0.1, 0.15) is 11.5 Å². The molecule has 2 N–H and O–H groups in total. The number of urea groups is 1. The first kappa shape index (κ1) is 26.2. The second-order valence-electron chi connectivity index (χ2n) is 10.4. The van der Waals surface area contributed by atoms with E-state index in [1.807, 2.05) is 12.1 Å². The van der Waals surface area contributed by atoms with E-state index in [2.05, 4.69) is 22.6 Å². The highest BCUT2D eigenvalue weighted by molar-refractivity contribution is 6.31. The van der Waals surface area contributed by atoms with Gasteiger partial charge >= 0.3 is 6.03 Å². The predicted molar refractivity (Wildman–Crippen MR) is 142 cm³/mol. The van der Waals surface area contributed by atoms with Crippen LogP contribution in [-0.2, 0) is 22.7 Å². The van der Waals surface area contributed by atoms with Crippen molar-refractivity contribution in [1.29, 1.82) is 0 Å². The largest absolute Gasteiger partial charge is 0.493 e. The lowest BCUT2D eigenvalue weighted by atomic mass is 9.92. The van der Waals surface area contributed by atoms with Gasteiger partial charge in [0.2, 0.25) is 0 Å². The molecular weight excluding hydrogens is 508 g/mol. The second kappa shape index (κ2) is 11.1. The van der Waals surface area contributed by atoms with Crippen LogP contribution in [-0.4, -0.2) is 66.1 Å². The molecule has 200 valence electrons. The van der Waals surface area contributed by atoms with Gasteiger partial charge in [0.05, 0.1) is 19.1 Å². The van der Waals surface area contributed by atoms with E-state index in [0.717, 1.165) is 30.6 Å². The average Bonchev–Trinajstić information content (AvgIpc) is 3.43. The zero-order valence-corrected chi connectivity index (χ0v) is 22.1. The highest BCUT2D eigenvalue weighted by atomic mass is 35.5. The Bertz CT molecular complexity index is 1280. The van der Waals surface area contributed by atoms with Crippen LogP contribution in [0.4, 0.5) is 10.5 Å². The Balaban J connectivity index is 1.15. The summed E-state index contributed by atoms with van der Waals surface area (Å²) in [6.07, 6.45) is 1.68. The molecule has 1 saturated heterocycles. The van der Waals surface area contributed by atoms with Crippen molar-refractivity contribution in [3.63, 3.8) is 0 Å². The number of carbonyl (C=O) groups excluding carboxylic acids is 4. The fraction of sp³-hybridized carbons (Fsp3) is 0.429. The number of nitrogens with zero attached hydrogens (tertiary/aromatic N) is 2. The fourth-order valence-corrected chi connectivity index (χ4v) is 5.60. The summed E-state index contributed by atoms with van der Waals surface area (Å²) >= 11 is 6.24. The first-order valence-corrected chi connectivity index (χ1v) is 13.3. The van der Waals surface area contributed by atoms with Crippen molar-refractivity contribution in [2.75, 3.05) is 32.1 Å². The van der Waals surface area contributed by atoms with Gasteiger partial charge in [-0.1, -0.05) is 23.7 Å². The van der Waals surface area contributed by atoms with Crippen molar-refractivity contribution in [1.82, 2.24) is 15.1 Å². The van der Waals surface area contributed by atoms with Crippen molar-refractivity contribution in [3.8, 4) is 5.75 Å². The number of Topliss-reactive ketones (excluding diaryl/α,β-unsaturated/α-hetero) is 2. The summed E-state index contributed by atoms with van der Waals surface area (Å²) in [5, 5.41) is 6.05. The van der Waals surface area contributed by atoms with Crippen molar-refractivity contribution < 1.29 is 23.9 Å². The molecule has 2 unspecified atom stereocenters. The number of nitrogens with one attached hydrogen (secondary N) is 2. The molecule has 10 heteroatoms. The molecule has 3 amide bonds. The number of hydrogen-bond acceptors (Lipinski definition) is 6. The summed E-state index contributed by atoms with van der Waals surface area (Å²) in [5.74, 6) is 0.597. The Labute approximate surface area is 226 Å². The van der Waals surface area contributed by atoms with Gasteiger partial charge in [-0.15, -0.1) is 0 Å². The van der Waals surface area contributed by atoms with Gasteiger partial charge in [0.15, 0.2) is 5.78 Å². The summed E-state index contributed by atoms with van der Waals surface area (Å²) < 4.78 is 5.93. The molecule has 5 rings (SSSR count). The van der Waals surface area contributed by atoms with Gasteiger partial charge in [-0.2, -0.15) is 0 Å². The molecule has 38 heavy (non-hydrogen) atoms. The lowest BCUT2D eigenvalue weighted by Crippen LogP contribution is -2.44. The number of ketones is 2. The summed E-state index contributed by atoms with van der Waals surface area (Å²) in [6, 6.07) is 9.62. The Hall–Kier alpha value is -3.43. The first-order valence-electron chi connectivity index (χ1n) is 12.9. The second-order valence-corrected chi connectivity index (χ2v) is 10.8. The molecule has 2 fully saturated rings. The number of fused-ring (bicyclic) bond motifs is 1. The van der Waals surface area contributed by atoms with E-state index < -0.39 is 12.1 Å². The minimum atomic E-state index is -0.550. The van der Waals surface area contributed by atoms with E-state index in [1.165, 1.54) is 0 Å². The number of likely N-dealkylation sites (tertiary alicyclic amines) is 1. The summed E-state index contributed by atoms with van der Waals surface area (Å²) in [6.45, 7) is 3.22. The molecule has 0 bridgehead atoms. The van der Waals surface area contributed by atoms with Crippen molar-refractivity contribution >= 4 is 40.8 Å². The molecule has 2 aromatic rings. The number of ether oxygens (including phenoxy) is 1. The molecule has 2 aromatic carbocycles. The van der Waals surface area contributed by atoms with E-state index in [4.69, 9.17) is 16.3 Å². The monoisotopic (exact) mass is 538 g/mol. The van der Waals surface area contributed by atoms with Gasteiger partial charge in [-0.3, -0.25) is 14.4 Å². The molecular formula is C28H31ClN4O5. The van der Waals surface area contributed by atoms with Crippen molar-refractivity contribution in [2.24, 2.45) is 5.92 Å². The van der Waals surface area contributed by atoms with Gasteiger partial charge in [-0.25, -0.2) is 4.79 Å². The molecule has 0 spiro atoms. The topological polar surface area (TPSA) is 108 Å². The highest BCUT2D eigenvalue weighted by Gasteiger charge is 2.38. The summed E-state index contributed by atoms with van der Waals surface area (Å²) in [4.78, 5) is 53.4. The first-order chi connectivity index (χ1) is 18.2. The number of halogens is 1. The molecule has 2 aliphatic heterocycles. The Kier molecular flexibility index (Phi) is 7.67. The third kappa shape index (κ3) is 6.00. The van der Waals surface area contributed by atoms with E-state index in [-0.39, 0.29) is 30.4 Å². The maximum atomic E-state index is 13.0. The van der Waals surface area contributed by atoms with Crippen LogP contribution >= 0.6 is 11.6 Å². The SMILES string of the molecule is CN1CCC(COc2cc(Cl)cc(NC(=O)NCc3ccc4c(c3)C(=O)N(C3CCC(=O)CC3=O)C4)c2)C1. The zero-order chi connectivity index (χ0) is 26.8. The van der Waals surface area contributed by atoms with Crippen molar-refractivity contribution in [2.45, 2.75) is 44.8 Å². The third-order valence-corrected chi connectivity index (χ3v) is 7.60. The molecule has 3 aliphatic rings. The number of hydrogen-bond donors (Lipinski definition) is 2. The highest BCUT2D eigenvalue weighted by Crippen LogP contribution is 2.30. The van der Waals surface area contributed by atoms with Gasteiger partial charge in [0.25, 0.3) is 5.91 Å². The minimum absolute atomic E-state index is 0.0688. The van der Waals surface area contributed by atoms with Gasteiger partial charge < -0.3 is 25.2 Å². The normalized spacial score (nSPS) is 21.5. The number of rotatable bonds is 7. The van der Waals surface area contributed by atoms with Crippen LogP contribution in [0.15, 0.2) is 36.4 Å². The van der Waals surface area contributed by atoms with Crippen LogP contribution in [0.2, 0.25) is 5.02 Å². The number of amides is 3. The Morgan fingerprint density at radius 3 is 2.74 bits per heavy atom. The Morgan fingerprint density at radius 1 is 1.13 bits per heavy atom. The van der Waals surface area contributed by atoms with Gasteiger partial charge in [-0.05, 0) is 55.8 Å². The van der Waals surface area contributed by atoms with E-state index in [1.54, 1.807) is 29.2 Å². The number of benzene rings is 2. The average molecular weight is 539 g/mol. The fourth-order valence-electron chi connectivity index (χ4n) is 5.37. The third-order valence-electron chi connectivity index (χ3n) is 7.38. The van der Waals surface area contributed by atoms with E-state index >= 15 is 0 Å². The summed E-state index contributed by atoms with van der Waals surface area (Å²) in [5.41, 5.74) is 2.64. The maximum Gasteiger partial charge on any atom is 0.319 e. The van der Waals surface area contributed by atoms with Crippen LogP contribution < -0.4 is 15.4 Å². The minimum Gasteiger partial charge on any atom is -0.493 e. The van der Waals surface area contributed by atoms with Crippen molar-refractivity contribution in [3.05, 3.63) is 58.1 Å². The summed E-state index contributed by atoms with van der Waals surface area (Å²) in [7, 11) is 2.10. The van der Waals surface area contributed by atoms with Crippen LogP contribution in [0.3, 0.4) is 0 Å². The smallest absolute Gasteiger partial charge is 0.319 e. The number of carbonyl (C=O) groups is 4. The van der Waals surface area contributed by atoms with Gasteiger partial charge in [0, 0.05) is 54.3 Å². The molecule has 1 aliphatic carbocycles. The quantitative estimate of drug-likeness (QED) is 0.521. The lowest BCUT2D eigenvalue weighted by Gasteiger charge is -2.29. The zero-order valence-electron chi connectivity index (χ0n) is 21.3. The lowest BCUT2D eigenvalue weighted by molar-refractivity contribution is -0.133. The maximum absolute atomic E-state index is 13.0. The molecule has 1 saturated carbocycles. The molecule has 2 atom stereocenters. The van der Waals surface area contributed by atoms with E-state index in [9.17, 15) is 19.2 Å². The Morgan fingerprint density at radius 2 is 1.97 bits per heavy atom. The number of anilines is 1. The van der Waals surface area contributed by atoms with Crippen LogP contribution in [0.5, 0.6) is 5.75 Å². The molecule has 9 nitrogen and oxygen atoms in total. The predicted octanol–water partition coefficient (Wildman–Crippen LogP) is 3.64. The van der Waals surface area contributed by atoms with Crippen LogP contribution in [0, 0.1) is 5.92 Å². The standard InChI is InChI=1S/C28H31ClN4O5/c1-32-7-6-18(14-32)16-38-23-10-20(29)9-21(11-23)31-28(37)30-13-17-2-3-19-15-33(27(36)24(19)8-17)25-5-4-22(34)12-26(25)35/h2-3,8-11,18,25H,4-7,12-16H2,1H3,(H2,30,31,37). The van der Waals surface area contributed by atoms with Crippen LogP contribution in [0.25, 0.3) is 0 Å². The van der Waals surface area contributed by atoms with E-state index in [0.29, 0.717) is 53.9 Å². The molecule has 2 heterocycles.